The molecule has 0 aromatic heterocycles. The van der Waals surface area contributed by atoms with Crippen LogP contribution in [0.4, 0.5) is 0 Å². The van der Waals surface area contributed by atoms with E-state index < -0.39 is 43.1 Å². The molecule has 1 heterocycles. The van der Waals surface area contributed by atoms with Gasteiger partial charge in [0.05, 0.1) is 12.5 Å². The Morgan fingerprint density at radius 1 is 1.07 bits per heavy atom. The molecule has 0 aromatic carbocycles. The van der Waals surface area contributed by atoms with Gasteiger partial charge in [-0.25, -0.2) is 0 Å². The highest BCUT2D eigenvalue weighted by molar-refractivity contribution is 5.67. The van der Waals surface area contributed by atoms with Crippen molar-refractivity contribution in [2.24, 2.45) is 0 Å². The summed E-state index contributed by atoms with van der Waals surface area (Å²) in [6, 6.07) is 0. The zero-order valence-electron chi connectivity index (χ0n) is 7.15. The summed E-state index contributed by atoms with van der Waals surface area (Å²) in [7, 11) is 0. The van der Waals surface area contributed by atoms with E-state index in [9.17, 15) is 9.90 Å². The summed E-state index contributed by atoms with van der Waals surface area (Å²) in [5.41, 5.74) is 0. The minimum atomic E-state index is -1.68. The molecule has 0 spiro atoms. The van der Waals surface area contributed by atoms with Gasteiger partial charge in [0.1, 0.15) is 18.3 Å². The summed E-state index contributed by atoms with van der Waals surface area (Å²) in [5.74, 6) is -1.23. The summed E-state index contributed by atoms with van der Waals surface area (Å²) in [6.07, 6.45) is -8.22. The number of ether oxygens (including phenoxy) is 1. The SMILES string of the molecule is O=C(O)CC1OC(O)C(O)C(O)C1O. The molecule has 0 saturated carbocycles. The van der Waals surface area contributed by atoms with Crippen molar-refractivity contribution in [1.82, 2.24) is 0 Å². The summed E-state index contributed by atoms with van der Waals surface area (Å²) < 4.78 is 4.61. The topological polar surface area (TPSA) is 127 Å². The summed E-state index contributed by atoms with van der Waals surface area (Å²) in [6.45, 7) is 0. The number of rotatable bonds is 2. The standard InChI is InChI=1S/C7H12O7/c8-3(9)1-2-4(10)5(11)6(12)7(13)14-2/h2,4-7,10-13H,1H2,(H,8,9). The van der Waals surface area contributed by atoms with Crippen LogP contribution in [0.25, 0.3) is 0 Å². The lowest BCUT2D eigenvalue weighted by molar-refractivity contribution is -0.282. The molecular weight excluding hydrogens is 196 g/mol. The number of aliphatic hydroxyl groups is 4. The molecule has 1 aliphatic rings. The van der Waals surface area contributed by atoms with E-state index in [1.165, 1.54) is 0 Å². The summed E-state index contributed by atoms with van der Waals surface area (Å²) in [4.78, 5) is 10.3. The van der Waals surface area contributed by atoms with Crippen molar-refractivity contribution in [2.75, 3.05) is 0 Å². The lowest BCUT2D eigenvalue weighted by Crippen LogP contribution is -2.57. The number of carboxylic acid groups (broad SMARTS) is 1. The maximum atomic E-state index is 10.3. The minimum Gasteiger partial charge on any atom is -0.481 e. The second kappa shape index (κ2) is 4.20. The van der Waals surface area contributed by atoms with E-state index in [4.69, 9.17) is 20.4 Å². The Balaban J connectivity index is 2.65. The van der Waals surface area contributed by atoms with E-state index in [1.54, 1.807) is 0 Å². The van der Waals surface area contributed by atoms with Gasteiger partial charge < -0.3 is 30.3 Å². The van der Waals surface area contributed by atoms with E-state index in [1.807, 2.05) is 0 Å². The number of hydrogen-bond donors (Lipinski definition) is 5. The van der Waals surface area contributed by atoms with Crippen molar-refractivity contribution in [1.29, 1.82) is 0 Å². The maximum Gasteiger partial charge on any atom is 0.306 e. The zero-order chi connectivity index (χ0) is 10.9. The van der Waals surface area contributed by atoms with Crippen molar-refractivity contribution in [3.8, 4) is 0 Å². The smallest absolute Gasteiger partial charge is 0.306 e. The van der Waals surface area contributed by atoms with Crippen LogP contribution in [0, 0.1) is 0 Å². The highest BCUT2D eigenvalue weighted by atomic mass is 16.6. The Labute approximate surface area is 79.2 Å². The molecule has 0 aliphatic carbocycles. The lowest BCUT2D eigenvalue weighted by atomic mass is 9.97. The van der Waals surface area contributed by atoms with Gasteiger partial charge in [-0.2, -0.15) is 0 Å². The van der Waals surface area contributed by atoms with E-state index in [0.717, 1.165) is 0 Å². The largest absolute Gasteiger partial charge is 0.481 e. The van der Waals surface area contributed by atoms with Crippen LogP contribution in [0.2, 0.25) is 0 Å². The number of carboxylic acids is 1. The lowest BCUT2D eigenvalue weighted by Gasteiger charge is -2.37. The third kappa shape index (κ3) is 2.20. The molecule has 0 amide bonds. The number of carbonyl (C=O) groups is 1. The normalized spacial score (nSPS) is 43.6. The Kier molecular flexibility index (Phi) is 3.40. The van der Waals surface area contributed by atoms with Gasteiger partial charge >= 0.3 is 5.97 Å². The Bertz CT molecular complexity index is 218. The van der Waals surface area contributed by atoms with E-state index in [0.29, 0.717) is 0 Å². The summed E-state index contributed by atoms with van der Waals surface area (Å²) >= 11 is 0. The minimum absolute atomic E-state index is 0.554. The van der Waals surface area contributed by atoms with Crippen LogP contribution in [0.15, 0.2) is 0 Å². The molecule has 5 atom stereocenters. The fourth-order valence-electron chi connectivity index (χ4n) is 1.27. The highest BCUT2D eigenvalue weighted by Crippen LogP contribution is 2.21. The van der Waals surface area contributed by atoms with Gasteiger partial charge in [-0.3, -0.25) is 4.79 Å². The fraction of sp³-hybridized carbons (Fsp3) is 0.857. The van der Waals surface area contributed by atoms with Gasteiger partial charge in [0.15, 0.2) is 6.29 Å². The predicted molar refractivity (Wildman–Crippen MR) is 41.2 cm³/mol. The van der Waals surface area contributed by atoms with Crippen molar-refractivity contribution < 1.29 is 35.1 Å². The Morgan fingerprint density at radius 2 is 1.64 bits per heavy atom. The molecule has 0 bridgehead atoms. The van der Waals surface area contributed by atoms with E-state index in [-0.39, 0.29) is 0 Å². The molecule has 1 fully saturated rings. The predicted octanol–water partition coefficient (Wildman–Crippen LogP) is -2.74. The Morgan fingerprint density at radius 3 is 2.14 bits per heavy atom. The number of hydrogen-bond acceptors (Lipinski definition) is 6. The first-order chi connectivity index (χ1) is 6.43. The molecule has 7 heteroatoms. The first-order valence-electron chi connectivity index (χ1n) is 4.03. The van der Waals surface area contributed by atoms with Gasteiger partial charge in [0, 0.05) is 0 Å². The first-order valence-corrected chi connectivity index (χ1v) is 4.03. The quantitative estimate of drug-likeness (QED) is 0.333. The van der Waals surface area contributed by atoms with E-state index >= 15 is 0 Å². The second-order valence-corrected chi connectivity index (χ2v) is 3.13. The van der Waals surface area contributed by atoms with Crippen molar-refractivity contribution in [2.45, 2.75) is 37.1 Å². The third-order valence-electron chi connectivity index (χ3n) is 2.06. The molecule has 1 saturated heterocycles. The van der Waals surface area contributed by atoms with Crippen molar-refractivity contribution >= 4 is 5.97 Å². The van der Waals surface area contributed by atoms with Crippen LogP contribution >= 0.6 is 0 Å². The van der Waals surface area contributed by atoms with Crippen LogP contribution in [0.1, 0.15) is 6.42 Å². The van der Waals surface area contributed by atoms with Gasteiger partial charge in [0.25, 0.3) is 0 Å². The second-order valence-electron chi connectivity index (χ2n) is 3.13. The zero-order valence-corrected chi connectivity index (χ0v) is 7.15. The monoisotopic (exact) mass is 208 g/mol. The van der Waals surface area contributed by atoms with Crippen LogP contribution < -0.4 is 0 Å². The van der Waals surface area contributed by atoms with Crippen LogP contribution in [-0.2, 0) is 9.53 Å². The molecule has 1 rings (SSSR count). The number of aliphatic carboxylic acids is 1. The summed E-state index contributed by atoms with van der Waals surface area (Å²) in [5, 5.41) is 44.9. The Hall–Kier alpha value is -0.730. The van der Waals surface area contributed by atoms with Gasteiger partial charge in [-0.15, -0.1) is 0 Å². The van der Waals surface area contributed by atoms with Gasteiger partial charge in [-0.1, -0.05) is 0 Å². The first kappa shape index (κ1) is 11.3. The van der Waals surface area contributed by atoms with E-state index in [2.05, 4.69) is 4.74 Å². The molecule has 0 radical (unpaired) electrons. The van der Waals surface area contributed by atoms with Crippen LogP contribution in [0.3, 0.4) is 0 Å². The molecule has 14 heavy (non-hydrogen) atoms. The molecule has 0 aromatic rings. The molecule has 7 nitrogen and oxygen atoms in total. The average molecular weight is 208 g/mol. The molecule has 1 aliphatic heterocycles. The third-order valence-corrected chi connectivity index (χ3v) is 2.06. The van der Waals surface area contributed by atoms with Crippen LogP contribution in [0.5, 0.6) is 0 Å². The molecular formula is C7H12O7. The van der Waals surface area contributed by atoms with Crippen molar-refractivity contribution in [3.05, 3.63) is 0 Å². The highest BCUT2D eigenvalue weighted by Gasteiger charge is 2.43. The molecule has 5 N–H and O–H groups in total. The fourth-order valence-corrected chi connectivity index (χ4v) is 1.27. The maximum absolute atomic E-state index is 10.3. The van der Waals surface area contributed by atoms with Gasteiger partial charge in [0.2, 0.25) is 0 Å². The molecule has 5 unspecified atom stereocenters. The van der Waals surface area contributed by atoms with Crippen LogP contribution in [-0.4, -0.2) is 62.2 Å². The van der Waals surface area contributed by atoms with Gasteiger partial charge in [-0.05, 0) is 0 Å². The van der Waals surface area contributed by atoms with Crippen molar-refractivity contribution in [3.63, 3.8) is 0 Å². The average Bonchev–Trinajstić information content (AvgIpc) is 2.10. The molecule has 82 valence electrons. The number of aliphatic hydroxyl groups excluding tert-OH is 4.